The molecule has 4 rings (SSSR count). The third-order valence-electron chi connectivity index (χ3n) is 7.47. The molecular weight excluding hydrogens is 745 g/mol. The number of carboxylic acid groups (broad SMARTS) is 1. The van der Waals surface area contributed by atoms with Crippen LogP contribution >= 0.6 is 11.6 Å². The summed E-state index contributed by atoms with van der Waals surface area (Å²) >= 11 is 6.46. The third kappa shape index (κ3) is 8.89. The minimum atomic E-state index is -1.32. The Morgan fingerprint density at radius 3 is 2.46 bits per heavy atom. The van der Waals surface area contributed by atoms with Gasteiger partial charge in [0.05, 0.1) is 26.3 Å². The summed E-state index contributed by atoms with van der Waals surface area (Å²) in [5.41, 5.74) is 1.53. The number of phenolic OH excluding ortho intramolecular Hbond substituents is 1. The summed E-state index contributed by atoms with van der Waals surface area (Å²) in [6.45, 7) is 3.52. The van der Waals surface area contributed by atoms with Gasteiger partial charge in [0.25, 0.3) is 5.91 Å². The number of ether oxygens (including phenoxy) is 3. The Labute approximate surface area is 305 Å². The van der Waals surface area contributed by atoms with Crippen LogP contribution in [0.4, 0.5) is 11.4 Å². The number of aryl methyl sites for hydroxylation is 1. The normalized spacial score (nSPS) is 16.1. The van der Waals surface area contributed by atoms with Gasteiger partial charge in [-0.15, -0.1) is 0 Å². The topological polar surface area (TPSA) is 155 Å². The number of aliphatic hydroxyl groups is 1. The quantitative estimate of drug-likeness (QED) is 0.187. The van der Waals surface area contributed by atoms with Gasteiger partial charge in [0, 0.05) is 88.1 Å². The first-order chi connectivity index (χ1) is 21.4. The molecule has 0 bridgehead atoms. The number of para-hydroxylation sites is 1. The second-order valence-electron chi connectivity index (χ2n) is 11.5. The van der Waals surface area contributed by atoms with Gasteiger partial charge < -0.3 is 39.7 Å². The number of anilines is 2. The summed E-state index contributed by atoms with van der Waals surface area (Å²) in [7, 11) is 2.99. The van der Waals surface area contributed by atoms with Crippen molar-refractivity contribution in [2.45, 2.75) is 45.3 Å². The van der Waals surface area contributed by atoms with Gasteiger partial charge in [-0.05, 0) is 48.4 Å². The first-order valence-corrected chi connectivity index (χ1v) is 14.7. The molecule has 0 aromatic heterocycles. The van der Waals surface area contributed by atoms with Crippen LogP contribution in [0, 0.1) is 46.7 Å². The Morgan fingerprint density at radius 2 is 1.80 bits per heavy atom. The van der Waals surface area contributed by atoms with Crippen molar-refractivity contribution in [1.29, 1.82) is 0 Å². The molecule has 0 spiro atoms. The average Bonchev–Trinajstić information content (AvgIpc) is 3.11. The number of phenols is 1. The number of aliphatic hydroxyl groups excluding tert-OH is 1. The molecule has 0 saturated heterocycles. The second-order valence-corrected chi connectivity index (χ2v) is 12.0. The molecule has 4 N–H and O–H groups in total. The number of methoxy groups -OCH3 is 2. The van der Waals surface area contributed by atoms with Crippen LogP contribution in [-0.4, -0.2) is 66.6 Å². The summed E-state index contributed by atoms with van der Waals surface area (Å²) in [4.78, 5) is 40.2. The fourth-order valence-corrected chi connectivity index (χ4v) is 5.35. The van der Waals surface area contributed by atoms with Crippen LogP contribution in [0.25, 0.3) is 0 Å². The van der Waals surface area contributed by atoms with Crippen LogP contribution in [0.3, 0.4) is 0 Å². The number of hydrogen-bond donors (Lipinski definition) is 4. The number of rotatable bonds is 12. The fraction of sp³-hybridized carbons (Fsp3) is 0.364. The van der Waals surface area contributed by atoms with E-state index in [1.54, 1.807) is 42.5 Å². The van der Waals surface area contributed by atoms with Crippen LogP contribution in [0.1, 0.15) is 49.5 Å². The van der Waals surface area contributed by atoms with Crippen molar-refractivity contribution in [3.8, 4) is 17.2 Å². The van der Waals surface area contributed by atoms with Gasteiger partial charge in [0.1, 0.15) is 18.0 Å². The standard InChI is InChI=1S/C33H37ClN2O9.Pr/c1-33(2,18-37)17-36-24-11-10-20(34)15-22(24)30(21-6-5-7-26(43-3)31(21)44-4)45-27(32(36)42)16-28(39)35-23-14-19(8-12-25(23)38)9-13-29(40)41;/h5-8,10-12,14-15,27,30,37-38H,9,13,16-18H2,1-4H3,(H,35,39)(H,40,41);/t27-,30-;/m1./s1. The molecule has 1 heterocycles. The molecule has 3 aromatic carbocycles. The molecule has 1 radical (unpaired) electrons. The molecule has 46 heavy (non-hydrogen) atoms. The molecule has 13 heteroatoms. The molecule has 1 aliphatic heterocycles. The molecule has 0 unspecified atom stereocenters. The molecule has 0 fully saturated rings. The van der Waals surface area contributed by atoms with Gasteiger partial charge >= 0.3 is 5.97 Å². The van der Waals surface area contributed by atoms with E-state index in [9.17, 15) is 24.6 Å². The first kappa shape index (κ1) is 37.5. The van der Waals surface area contributed by atoms with E-state index < -0.39 is 41.8 Å². The van der Waals surface area contributed by atoms with Crippen molar-refractivity contribution in [2.24, 2.45) is 5.41 Å². The summed E-state index contributed by atoms with van der Waals surface area (Å²) < 4.78 is 17.7. The maximum atomic E-state index is 14.2. The van der Waals surface area contributed by atoms with E-state index in [0.29, 0.717) is 38.9 Å². The van der Waals surface area contributed by atoms with E-state index in [1.165, 1.54) is 31.3 Å². The van der Waals surface area contributed by atoms with Crippen LogP contribution in [0.15, 0.2) is 54.6 Å². The van der Waals surface area contributed by atoms with Crippen molar-refractivity contribution in [3.63, 3.8) is 0 Å². The van der Waals surface area contributed by atoms with E-state index >= 15 is 0 Å². The predicted molar refractivity (Wildman–Crippen MR) is 168 cm³/mol. The van der Waals surface area contributed by atoms with Gasteiger partial charge in [-0.25, -0.2) is 0 Å². The number of carboxylic acids is 1. The van der Waals surface area contributed by atoms with Crippen LogP contribution in [-0.2, 0) is 25.5 Å². The van der Waals surface area contributed by atoms with E-state index in [4.69, 9.17) is 30.9 Å². The Hall–Kier alpha value is -2.96. The number of benzene rings is 3. The number of amides is 2. The summed E-state index contributed by atoms with van der Waals surface area (Å²) in [5, 5.41) is 32.5. The van der Waals surface area contributed by atoms with E-state index in [2.05, 4.69) is 5.32 Å². The average molecular weight is 782 g/mol. The summed E-state index contributed by atoms with van der Waals surface area (Å²) in [6, 6.07) is 14.7. The summed E-state index contributed by atoms with van der Waals surface area (Å²) in [5.74, 6) is -1.53. The SMILES string of the molecule is COc1cccc([C@H]2O[C@H](CC(=O)Nc3cc(CCC(=O)O)ccc3O)C(=O)N(CC(C)(C)CO)c3ccc(Cl)cc32)c1OC.[Pr]. The number of carbonyl (C=O) groups is 3. The molecule has 0 saturated carbocycles. The molecule has 1 aliphatic rings. The molecule has 11 nitrogen and oxygen atoms in total. The van der Waals surface area contributed by atoms with E-state index in [1.807, 2.05) is 13.8 Å². The van der Waals surface area contributed by atoms with E-state index in [0.717, 1.165) is 0 Å². The van der Waals surface area contributed by atoms with Gasteiger partial charge in [-0.3, -0.25) is 14.4 Å². The maximum absolute atomic E-state index is 14.2. The molecule has 3 aromatic rings. The third-order valence-corrected chi connectivity index (χ3v) is 7.70. The zero-order chi connectivity index (χ0) is 32.9. The van der Waals surface area contributed by atoms with Crippen LogP contribution in [0.5, 0.6) is 17.2 Å². The van der Waals surface area contributed by atoms with Crippen molar-refractivity contribution < 1.29 is 85.2 Å². The Morgan fingerprint density at radius 1 is 1.07 bits per heavy atom. The second kappa shape index (κ2) is 16.2. The minimum absolute atomic E-state index is 0. The zero-order valence-electron chi connectivity index (χ0n) is 26.1. The fourth-order valence-electron chi connectivity index (χ4n) is 5.17. The minimum Gasteiger partial charge on any atom is -0.506 e. The maximum Gasteiger partial charge on any atom is 0.303 e. The van der Waals surface area contributed by atoms with Crippen LogP contribution < -0.4 is 19.7 Å². The van der Waals surface area contributed by atoms with Gasteiger partial charge in [0.2, 0.25) is 5.91 Å². The number of aliphatic carboxylic acids is 1. The molecule has 2 atom stereocenters. The van der Waals surface area contributed by atoms with E-state index in [-0.39, 0.29) is 78.7 Å². The summed E-state index contributed by atoms with van der Waals surface area (Å²) in [6.07, 6.45) is -2.60. The monoisotopic (exact) mass is 781 g/mol. The van der Waals surface area contributed by atoms with Gasteiger partial charge in [0.15, 0.2) is 11.5 Å². The number of hydrogen-bond acceptors (Lipinski definition) is 8. The van der Waals surface area contributed by atoms with Crippen molar-refractivity contribution >= 4 is 40.8 Å². The number of nitrogens with zero attached hydrogens (tertiary/aromatic N) is 1. The first-order valence-electron chi connectivity index (χ1n) is 14.3. The molecule has 2 amide bonds. The largest absolute Gasteiger partial charge is 0.506 e. The molecule has 243 valence electrons. The number of nitrogens with one attached hydrogen (secondary N) is 1. The Balaban J connectivity index is 0.00000576. The van der Waals surface area contributed by atoms with Crippen LogP contribution in [0.2, 0.25) is 5.02 Å². The van der Waals surface area contributed by atoms with Gasteiger partial charge in [-0.1, -0.05) is 43.6 Å². The number of aromatic hydroxyl groups is 1. The van der Waals surface area contributed by atoms with Crippen molar-refractivity contribution in [3.05, 3.63) is 76.3 Å². The van der Waals surface area contributed by atoms with Crippen molar-refractivity contribution in [1.82, 2.24) is 0 Å². The van der Waals surface area contributed by atoms with Gasteiger partial charge in [-0.2, -0.15) is 0 Å². The zero-order valence-corrected chi connectivity index (χ0v) is 30.5. The molecular formula is C33H37ClN2O9Pr. The Bertz CT molecular complexity index is 1580. The molecule has 0 aliphatic carbocycles. The number of halogens is 1. The Kier molecular flexibility index (Phi) is 13.2. The number of carbonyl (C=O) groups excluding carboxylic acids is 2. The number of fused-ring (bicyclic) bond motifs is 1. The predicted octanol–water partition coefficient (Wildman–Crippen LogP) is 4.95. The smallest absolute Gasteiger partial charge is 0.303 e. The van der Waals surface area contributed by atoms with Crippen molar-refractivity contribution in [2.75, 3.05) is 37.6 Å².